The Balaban J connectivity index is 1.59. The van der Waals surface area contributed by atoms with Crippen LogP contribution in [0.25, 0.3) is 0 Å². The Morgan fingerprint density at radius 1 is 1.04 bits per heavy atom. The molecule has 5 nitrogen and oxygen atoms in total. The Morgan fingerprint density at radius 2 is 1.81 bits per heavy atom. The molecular formula is C22H23N3O2. The molecule has 0 saturated heterocycles. The van der Waals surface area contributed by atoms with E-state index in [1.807, 2.05) is 49.4 Å². The van der Waals surface area contributed by atoms with Crippen LogP contribution in [-0.2, 0) is 13.0 Å². The molecule has 3 N–H and O–H groups in total. The molecule has 0 aliphatic rings. The van der Waals surface area contributed by atoms with E-state index in [0.29, 0.717) is 12.1 Å². The number of aryl methyl sites for hydroxylation is 2. The number of benzene rings is 2. The number of carbonyl (C=O) groups excluding carboxylic acids is 1. The van der Waals surface area contributed by atoms with Crippen molar-refractivity contribution in [2.24, 2.45) is 0 Å². The normalized spacial score (nSPS) is 10.4. The van der Waals surface area contributed by atoms with Gasteiger partial charge in [0.25, 0.3) is 5.91 Å². The topological polar surface area (TPSA) is 77.2 Å². The molecule has 3 aromatic rings. The number of ether oxygens (including phenoxy) is 1. The Morgan fingerprint density at radius 3 is 2.52 bits per heavy atom. The van der Waals surface area contributed by atoms with Crippen molar-refractivity contribution in [2.45, 2.75) is 26.8 Å². The predicted molar refractivity (Wildman–Crippen MR) is 107 cm³/mol. The van der Waals surface area contributed by atoms with Gasteiger partial charge in [-0.15, -0.1) is 0 Å². The summed E-state index contributed by atoms with van der Waals surface area (Å²) in [6.07, 6.45) is 0.969. The van der Waals surface area contributed by atoms with E-state index >= 15 is 0 Å². The number of nitrogens with zero attached hydrogens (tertiary/aromatic N) is 1. The summed E-state index contributed by atoms with van der Waals surface area (Å²) in [4.78, 5) is 16.4. The summed E-state index contributed by atoms with van der Waals surface area (Å²) in [6, 6.07) is 19.1. The fraction of sp³-hybridized carbons (Fsp3) is 0.182. The molecule has 0 aliphatic heterocycles. The van der Waals surface area contributed by atoms with E-state index in [-0.39, 0.29) is 11.7 Å². The van der Waals surface area contributed by atoms with Gasteiger partial charge in [-0.05, 0) is 60.9 Å². The minimum absolute atomic E-state index is 0.239. The SMILES string of the molecule is CCc1cccc(Oc2ccc(CNC(=O)c3ccc(C)nc3N)cc2)c1. The summed E-state index contributed by atoms with van der Waals surface area (Å²) < 4.78 is 5.89. The fourth-order valence-corrected chi connectivity index (χ4v) is 2.69. The number of anilines is 1. The van der Waals surface area contributed by atoms with Gasteiger partial charge in [-0.1, -0.05) is 31.2 Å². The second-order valence-corrected chi connectivity index (χ2v) is 6.32. The zero-order valence-electron chi connectivity index (χ0n) is 15.5. The molecule has 0 fully saturated rings. The van der Waals surface area contributed by atoms with E-state index in [1.165, 1.54) is 5.56 Å². The number of nitrogens with two attached hydrogens (primary N) is 1. The lowest BCUT2D eigenvalue weighted by Gasteiger charge is -2.10. The van der Waals surface area contributed by atoms with Crippen molar-refractivity contribution in [1.82, 2.24) is 10.3 Å². The maximum Gasteiger partial charge on any atom is 0.255 e. The molecule has 0 spiro atoms. The molecule has 27 heavy (non-hydrogen) atoms. The van der Waals surface area contributed by atoms with Crippen molar-refractivity contribution in [3.63, 3.8) is 0 Å². The van der Waals surface area contributed by atoms with Gasteiger partial charge in [0.2, 0.25) is 0 Å². The second-order valence-electron chi connectivity index (χ2n) is 6.32. The Hall–Kier alpha value is -3.34. The average molecular weight is 361 g/mol. The highest BCUT2D eigenvalue weighted by molar-refractivity contribution is 5.98. The number of nitrogen functional groups attached to an aromatic ring is 1. The molecule has 1 amide bonds. The van der Waals surface area contributed by atoms with Crippen LogP contribution >= 0.6 is 0 Å². The van der Waals surface area contributed by atoms with Crippen molar-refractivity contribution in [3.8, 4) is 11.5 Å². The summed E-state index contributed by atoms with van der Waals surface area (Å²) >= 11 is 0. The van der Waals surface area contributed by atoms with Crippen LogP contribution in [0, 0.1) is 6.92 Å². The summed E-state index contributed by atoms with van der Waals surface area (Å²) in [5, 5.41) is 2.86. The first-order chi connectivity index (χ1) is 13.0. The van der Waals surface area contributed by atoms with Gasteiger partial charge in [-0.3, -0.25) is 4.79 Å². The number of amides is 1. The third-order valence-corrected chi connectivity index (χ3v) is 4.23. The number of aromatic nitrogens is 1. The standard InChI is InChI=1S/C22H23N3O2/c1-3-16-5-4-6-19(13-16)27-18-10-8-17(9-11-18)14-24-22(26)20-12-7-15(2)25-21(20)23/h4-13H,3,14H2,1-2H3,(H2,23,25)(H,24,26). The van der Waals surface area contributed by atoms with Crippen LogP contribution in [0.1, 0.15) is 34.1 Å². The van der Waals surface area contributed by atoms with Crippen molar-refractivity contribution in [3.05, 3.63) is 83.0 Å². The van der Waals surface area contributed by atoms with E-state index in [0.717, 1.165) is 29.2 Å². The van der Waals surface area contributed by atoms with Gasteiger partial charge >= 0.3 is 0 Å². The molecule has 2 aromatic carbocycles. The van der Waals surface area contributed by atoms with Crippen LogP contribution in [0.3, 0.4) is 0 Å². The number of carbonyl (C=O) groups is 1. The highest BCUT2D eigenvalue weighted by Crippen LogP contribution is 2.23. The monoisotopic (exact) mass is 361 g/mol. The van der Waals surface area contributed by atoms with Gasteiger partial charge in [-0.2, -0.15) is 0 Å². The van der Waals surface area contributed by atoms with Gasteiger partial charge < -0.3 is 15.8 Å². The van der Waals surface area contributed by atoms with Crippen LogP contribution < -0.4 is 15.8 Å². The van der Waals surface area contributed by atoms with E-state index in [1.54, 1.807) is 12.1 Å². The first-order valence-corrected chi connectivity index (χ1v) is 8.92. The first kappa shape index (κ1) is 18.5. The minimum Gasteiger partial charge on any atom is -0.457 e. The Labute approximate surface area is 159 Å². The maximum atomic E-state index is 12.3. The van der Waals surface area contributed by atoms with E-state index in [4.69, 9.17) is 10.5 Å². The lowest BCUT2D eigenvalue weighted by Crippen LogP contribution is -2.24. The molecule has 1 heterocycles. The molecule has 0 atom stereocenters. The van der Waals surface area contributed by atoms with Crippen LogP contribution in [0.2, 0.25) is 0 Å². The van der Waals surface area contributed by atoms with Crippen LogP contribution in [0.4, 0.5) is 5.82 Å². The molecular weight excluding hydrogens is 338 g/mol. The van der Waals surface area contributed by atoms with Crippen molar-refractivity contribution < 1.29 is 9.53 Å². The summed E-state index contributed by atoms with van der Waals surface area (Å²) in [6.45, 7) is 4.35. The summed E-state index contributed by atoms with van der Waals surface area (Å²) in [5.41, 5.74) is 9.19. The number of nitrogens with one attached hydrogen (secondary N) is 1. The molecule has 0 unspecified atom stereocenters. The van der Waals surface area contributed by atoms with Crippen molar-refractivity contribution >= 4 is 11.7 Å². The number of pyridine rings is 1. The molecule has 0 radical (unpaired) electrons. The van der Waals surface area contributed by atoms with Gasteiger partial charge in [0.05, 0.1) is 5.56 Å². The zero-order chi connectivity index (χ0) is 19.2. The highest BCUT2D eigenvalue weighted by Gasteiger charge is 2.10. The summed E-state index contributed by atoms with van der Waals surface area (Å²) in [5.74, 6) is 1.57. The molecule has 3 rings (SSSR count). The van der Waals surface area contributed by atoms with Crippen LogP contribution in [-0.4, -0.2) is 10.9 Å². The molecule has 1 aromatic heterocycles. The van der Waals surface area contributed by atoms with Gasteiger partial charge in [0.15, 0.2) is 0 Å². The van der Waals surface area contributed by atoms with E-state index in [2.05, 4.69) is 23.3 Å². The molecule has 0 aliphatic carbocycles. The summed E-state index contributed by atoms with van der Waals surface area (Å²) in [7, 11) is 0. The van der Waals surface area contributed by atoms with Crippen molar-refractivity contribution in [2.75, 3.05) is 5.73 Å². The fourth-order valence-electron chi connectivity index (χ4n) is 2.69. The minimum atomic E-state index is -0.239. The number of hydrogen-bond donors (Lipinski definition) is 2. The zero-order valence-corrected chi connectivity index (χ0v) is 15.5. The average Bonchev–Trinajstić information content (AvgIpc) is 2.67. The lowest BCUT2D eigenvalue weighted by molar-refractivity contribution is 0.0951. The molecule has 138 valence electrons. The second kappa shape index (κ2) is 8.36. The van der Waals surface area contributed by atoms with E-state index in [9.17, 15) is 4.79 Å². The Bertz CT molecular complexity index is 937. The van der Waals surface area contributed by atoms with Crippen LogP contribution in [0.15, 0.2) is 60.7 Å². The first-order valence-electron chi connectivity index (χ1n) is 8.92. The quantitative estimate of drug-likeness (QED) is 0.688. The van der Waals surface area contributed by atoms with E-state index < -0.39 is 0 Å². The smallest absolute Gasteiger partial charge is 0.255 e. The molecule has 0 bridgehead atoms. The van der Waals surface area contributed by atoms with Gasteiger partial charge in [0, 0.05) is 12.2 Å². The van der Waals surface area contributed by atoms with Crippen molar-refractivity contribution in [1.29, 1.82) is 0 Å². The lowest BCUT2D eigenvalue weighted by atomic mass is 10.1. The highest BCUT2D eigenvalue weighted by atomic mass is 16.5. The third-order valence-electron chi connectivity index (χ3n) is 4.23. The third kappa shape index (κ3) is 4.85. The maximum absolute atomic E-state index is 12.3. The van der Waals surface area contributed by atoms with Gasteiger partial charge in [0.1, 0.15) is 17.3 Å². The number of rotatable bonds is 6. The predicted octanol–water partition coefficient (Wildman–Crippen LogP) is 4.26. The molecule has 5 heteroatoms. The van der Waals surface area contributed by atoms with Gasteiger partial charge in [-0.25, -0.2) is 4.98 Å². The largest absolute Gasteiger partial charge is 0.457 e. The Kier molecular flexibility index (Phi) is 5.71. The van der Waals surface area contributed by atoms with Crippen LogP contribution in [0.5, 0.6) is 11.5 Å². The number of hydrogen-bond acceptors (Lipinski definition) is 4. The molecule has 0 saturated carbocycles.